The molecule has 0 aliphatic heterocycles. The Bertz CT molecular complexity index is 1130. The molecule has 0 saturated heterocycles. The lowest BCUT2D eigenvalue weighted by molar-refractivity contribution is -0.141. The van der Waals surface area contributed by atoms with E-state index in [0.717, 1.165) is 11.6 Å². The molecule has 0 amide bonds. The molecule has 27 heavy (non-hydrogen) atoms. The average molecular weight is 369 g/mol. The number of fused-ring (bicyclic) bond motifs is 1. The van der Waals surface area contributed by atoms with Crippen LogP contribution in [0.2, 0.25) is 0 Å². The van der Waals surface area contributed by atoms with Crippen molar-refractivity contribution < 1.29 is 13.2 Å². The van der Waals surface area contributed by atoms with E-state index in [4.69, 9.17) is 5.73 Å². The summed E-state index contributed by atoms with van der Waals surface area (Å²) in [5.74, 6) is 0.201. The van der Waals surface area contributed by atoms with Gasteiger partial charge in [0.25, 0.3) is 0 Å². The maximum atomic E-state index is 13.3. The highest BCUT2D eigenvalue weighted by molar-refractivity contribution is 5.91. The van der Waals surface area contributed by atoms with E-state index in [1.807, 2.05) is 30.3 Å². The van der Waals surface area contributed by atoms with Crippen LogP contribution in [0.15, 0.2) is 54.9 Å². The van der Waals surface area contributed by atoms with E-state index in [-0.39, 0.29) is 11.6 Å². The molecule has 4 aromatic rings. The zero-order valence-corrected chi connectivity index (χ0v) is 14.2. The van der Waals surface area contributed by atoms with Crippen molar-refractivity contribution in [2.75, 3.05) is 5.73 Å². The van der Waals surface area contributed by atoms with E-state index >= 15 is 0 Å². The quantitative estimate of drug-likeness (QED) is 0.570. The topological polar surface area (TPSA) is 69.1 Å². The van der Waals surface area contributed by atoms with Crippen LogP contribution in [0.5, 0.6) is 0 Å². The molecule has 4 rings (SSSR count). The van der Waals surface area contributed by atoms with Gasteiger partial charge in [-0.3, -0.25) is 4.40 Å². The molecule has 0 bridgehead atoms. The minimum Gasteiger partial charge on any atom is -0.369 e. The molecule has 0 unspecified atom stereocenters. The van der Waals surface area contributed by atoms with Gasteiger partial charge >= 0.3 is 6.18 Å². The predicted molar refractivity (Wildman–Crippen MR) is 95.8 cm³/mol. The van der Waals surface area contributed by atoms with Crippen molar-refractivity contribution in [3.63, 3.8) is 0 Å². The smallest absolute Gasteiger partial charge is 0.369 e. The van der Waals surface area contributed by atoms with Gasteiger partial charge in [-0.15, -0.1) is 0 Å². The summed E-state index contributed by atoms with van der Waals surface area (Å²) in [6, 6.07) is 11.7. The third-order valence-corrected chi connectivity index (χ3v) is 4.15. The van der Waals surface area contributed by atoms with Gasteiger partial charge in [0.1, 0.15) is 11.3 Å². The summed E-state index contributed by atoms with van der Waals surface area (Å²) in [7, 11) is 0. The summed E-state index contributed by atoms with van der Waals surface area (Å²) >= 11 is 0. The number of nitrogens with two attached hydrogens (primary N) is 1. The first-order chi connectivity index (χ1) is 12.8. The fourth-order valence-corrected chi connectivity index (χ4v) is 3.03. The zero-order chi connectivity index (χ0) is 19.2. The lowest BCUT2D eigenvalue weighted by Crippen LogP contribution is -2.10. The van der Waals surface area contributed by atoms with E-state index < -0.39 is 11.9 Å². The third-order valence-electron chi connectivity index (χ3n) is 4.15. The molecule has 0 spiro atoms. The third kappa shape index (κ3) is 2.99. The molecule has 0 radical (unpaired) electrons. The molecule has 0 atom stereocenters. The van der Waals surface area contributed by atoms with E-state index in [0.29, 0.717) is 22.5 Å². The monoisotopic (exact) mass is 369 g/mol. The highest BCUT2D eigenvalue weighted by atomic mass is 19.4. The number of aryl methyl sites for hydroxylation is 1. The van der Waals surface area contributed by atoms with Crippen molar-refractivity contribution >= 4 is 11.6 Å². The van der Waals surface area contributed by atoms with Crippen LogP contribution in [0.3, 0.4) is 0 Å². The minimum atomic E-state index is -4.55. The van der Waals surface area contributed by atoms with Gasteiger partial charge in [-0.25, -0.2) is 15.0 Å². The number of hydrogen-bond donors (Lipinski definition) is 1. The number of nitrogens with zero attached hydrogens (tertiary/aromatic N) is 4. The Labute approximate surface area is 152 Å². The highest BCUT2D eigenvalue weighted by Gasteiger charge is 2.33. The first kappa shape index (κ1) is 17.0. The Kier molecular flexibility index (Phi) is 3.83. The summed E-state index contributed by atoms with van der Waals surface area (Å²) in [5.41, 5.74) is 7.75. The molecular weight excluding hydrogens is 355 g/mol. The Balaban J connectivity index is 2.09. The molecule has 3 heterocycles. The van der Waals surface area contributed by atoms with Crippen LogP contribution in [0.1, 0.15) is 11.4 Å². The van der Waals surface area contributed by atoms with Crippen LogP contribution in [-0.4, -0.2) is 19.4 Å². The van der Waals surface area contributed by atoms with Gasteiger partial charge in [0.2, 0.25) is 5.95 Å². The number of imidazole rings is 1. The highest BCUT2D eigenvalue weighted by Crippen LogP contribution is 2.37. The van der Waals surface area contributed by atoms with Gasteiger partial charge in [0.05, 0.1) is 11.3 Å². The molecule has 5 nitrogen and oxygen atoms in total. The number of alkyl halides is 3. The summed E-state index contributed by atoms with van der Waals surface area (Å²) in [4.78, 5) is 12.4. The van der Waals surface area contributed by atoms with E-state index in [1.165, 1.54) is 13.1 Å². The summed E-state index contributed by atoms with van der Waals surface area (Å²) < 4.78 is 41.4. The van der Waals surface area contributed by atoms with Gasteiger partial charge in [-0.2, -0.15) is 13.2 Å². The molecule has 0 aliphatic carbocycles. The Morgan fingerprint density at radius 1 is 1.00 bits per heavy atom. The fourth-order valence-electron chi connectivity index (χ4n) is 3.03. The average Bonchev–Trinajstić information content (AvgIpc) is 3.11. The molecule has 2 N–H and O–H groups in total. The number of nitrogen functional groups attached to an aromatic ring is 1. The van der Waals surface area contributed by atoms with Crippen LogP contribution in [0.4, 0.5) is 19.1 Å². The number of pyridine rings is 1. The zero-order valence-electron chi connectivity index (χ0n) is 14.2. The summed E-state index contributed by atoms with van der Waals surface area (Å²) in [5, 5.41) is 0. The van der Waals surface area contributed by atoms with Crippen molar-refractivity contribution in [1.82, 2.24) is 19.4 Å². The fraction of sp³-hybridized carbons (Fsp3) is 0.105. The first-order valence-electron chi connectivity index (χ1n) is 8.09. The van der Waals surface area contributed by atoms with Crippen molar-refractivity contribution in [2.45, 2.75) is 13.1 Å². The lowest BCUT2D eigenvalue weighted by atomic mass is 9.99. The van der Waals surface area contributed by atoms with Crippen molar-refractivity contribution in [3.05, 3.63) is 66.2 Å². The van der Waals surface area contributed by atoms with E-state index in [1.54, 1.807) is 16.7 Å². The molecule has 136 valence electrons. The van der Waals surface area contributed by atoms with Crippen molar-refractivity contribution in [2.24, 2.45) is 0 Å². The van der Waals surface area contributed by atoms with E-state index in [2.05, 4.69) is 15.0 Å². The number of aromatic nitrogens is 4. The predicted octanol–water partition coefficient (Wildman–Crippen LogP) is 4.37. The second-order valence-electron chi connectivity index (χ2n) is 6.06. The normalized spacial score (nSPS) is 11.9. The first-order valence-corrected chi connectivity index (χ1v) is 8.09. The number of halogens is 3. The second kappa shape index (κ2) is 6.08. The van der Waals surface area contributed by atoms with Crippen LogP contribution >= 0.6 is 0 Å². The van der Waals surface area contributed by atoms with Gasteiger partial charge in [-0.05, 0) is 24.6 Å². The molecular formula is C19H14F3N5. The SMILES string of the molecule is Cc1cc(-c2c(-c3ccccc3)nc(N)n3ccnc23)cc(C(F)(F)F)n1. The largest absolute Gasteiger partial charge is 0.433 e. The molecule has 1 aromatic carbocycles. The van der Waals surface area contributed by atoms with Crippen LogP contribution in [0, 0.1) is 6.92 Å². The number of rotatable bonds is 2. The number of anilines is 1. The van der Waals surface area contributed by atoms with Crippen LogP contribution < -0.4 is 5.73 Å². The second-order valence-corrected chi connectivity index (χ2v) is 6.06. The standard InChI is InChI=1S/C19H14F3N5/c1-11-9-13(10-14(25-11)19(20,21)22)15-16(12-5-3-2-4-6-12)26-18(23)27-8-7-24-17(15)27/h2-10H,1H3,(H2,23,26). The molecule has 3 aromatic heterocycles. The minimum absolute atomic E-state index is 0.201. The molecule has 0 saturated carbocycles. The van der Waals surface area contributed by atoms with Crippen LogP contribution in [0.25, 0.3) is 28.0 Å². The Morgan fingerprint density at radius 2 is 1.74 bits per heavy atom. The Hall–Kier alpha value is -3.42. The van der Waals surface area contributed by atoms with Gasteiger partial charge in [0, 0.05) is 23.7 Å². The van der Waals surface area contributed by atoms with Crippen molar-refractivity contribution in [1.29, 1.82) is 0 Å². The maximum Gasteiger partial charge on any atom is 0.433 e. The Morgan fingerprint density at radius 3 is 2.44 bits per heavy atom. The summed E-state index contributed by atoms with van der Waals surface area (Å²) in [6.45, 7) is 1.52. The molecule has 0 fully saturated rings. The molecule has 8 heteroatoms. The number of hydrogen-bond acceptors (Lipinski definition) is 4. The van der Waals surface area contributed by atoms with Crippen molar-refractivity contribution in [3.8, 4) is 22.4 Å². The van der Waals surface area contributed by atoms with E-state index in [9.17, 15) is 13.2 Å². The van der Waals surface area contributed by atoms with Crippen LogP contribution in [-0.2, 0) is 6.18 Å². The van der Waals surface area contributed by atoms with Gasteiger partial charge in [0.15, 0.2) is 0 Å². The lowest BCUT2D eigenvalue weighted by Gasteiger charge is -2.15. The van der Waals surface area contributed by atoms with Gasteiger partial charge < -0.3 is 5.73 Å². The summed E-state index contributed by atoms with van der Waals surface area (Å²) in [6.07, 6.45) is -1.40. The molecule has 0 aliphatic rings. The maximum absolute atomic E-state index is 13.3. The number of benzene rings is 1. The van der Waals surface area contributed by atoms with Gasteiger partial charge in [-0.1, -0.05) is 30.3 Å².